The van der Waals surface area contributed by atoms with Crippen molar-refractivity contribution in [3.63, 3.8) is 0 Å². The lowest BCUT2D eigenvalue weighted by Crippen LogP contribution is -2.23. The van der Waals surface area contributed by atoms with Crippen molar-refractivity contribution >= 4 is 22.5 Å². The van der Waals surface area contributed by atoms with Crippen LogP contribution in [0.3, 0.4) is 0 Å². The highest BCUT2D eigenvalue weighted by Gasteiger charge is 2.40. The summed E-state index contributed by atoms with van der Waals surface area (Å²) in [6.07, 6.45) is 4.86. The second kappa shape index (κ2) is 5.73. The van der Waals surface area contributed by atoms with Crippen LogP contribution in [0.4, 0.5) is 10.1 Å². The molecule has 1 heterocycles. The van der Waals surface area contributed by atoms with Crippen molar-refractivity contribution in [3.8, 4) is 0 Å². The van der Waals surface area contributed by atoms with Gasteiger partial charge in [0.25, 0.3) is 0 Å². The van der Waals surface area contributed by atoms with Crippen molar-refractivity contribution < 1.29 is 9.18 Å². The fourth-order valence-electron chi connectivity index (χ4n) is 4.40. The van der Waals surface area contributed by atoms with E-state index in [1.165, 1.54) is 18.1 Å². The van der Waals surface area contributed by atoms with Crippen LogP contribution >= 0.6 is 0 Å². The first-order valence-electron chi connectivity index (χ1n) is 8.72. The molecular weight excluding hydrogens is 315 g/mol. The van der Waals surface area contributed by atoms with E-state index in [1.54, 1.807) is 12.1 Å². The Kier molecular flexibility index (Phi) is 3.64. The Bertz CT molecular complexity index is 975. The van der Waals surface area contributed by atoms with Gasteiger partial charge in [-0.1, -0.05) is 25.1 Å². The quantitative estimate of drug-likeness (QED) is 0.701. The molecule has 0 saturated heterocycles. The zero-order valence-corrected chi connectivity index (χ0v) is 14.4. The number of benzene rings is 2. The summed E-state index contributed by atoms with van der Waals surface area (Å²) in [5, 5.41) is 4.01. The lowest BCUT2D eigenvalue weighted by atomic mass is 9.73. The van der Waals surface area contributed by atoms with Gasteiger partial charge in [0.1, 0.15) is 5.82 Å². The van der Waals surface area contributed by atoms with Crippen LogP contribution < -0.4 is 5.32 Å². The van der Waals surface area contributed by atoms with E-state index in [0.717, 1.165) is 41.4 Å². The normalized spacial score (nSPS) is 19.2. The topological polar surface area (TPSA) is 44.9 Å². The van der Waals surface area contributed by atoms with E-state index in [-0.39, 0.29) is 17.1 Å². The summed E-state index contributed by atoms with van der Waals surface area (Å²) >= 11 is 0. The van der Waals surface area contributed by atoms with Gasteiger partial charge in [-0.15, -0.1) is 0 Å². The molecule has 1 unspecified atom stereocenters. The van der Waals surface area contributed by atoms with Gasteiger partial charge in [0.15, 0.2) is 0 Å². The van der Waals surface area contributed by atoms with Crippen LogP contribution in [0, 0.1) is 5.82 Å². The molecule has 4 heteroatoms. The summed E-state index contributed by atoms with van der Waals surface area (Å²) in [5.41, 5.74) is 5.17. The van der Waals surface area contributed by atoms with Crippen molar-refractivity contribution in [2.45, 2.75) is 38.5 Å². The molecule has 0 aliphatic heterocycles. The number of para-hydroxylation sites is 1. The number of fused-ring (bicyclic) bond motifs is 2. The zero-order valence-electron chi connectivity index (χ0n) is 14.4. The number of anilines is 1. The summed E-state index contributed by atoms with van der Waals surface area (Å²) in [6, 6.07) is 11.1. The molecule has 4 rings (SSSR count). The fourth-order valence-corrected chi connectivity index (χ4v) is 4.40. The number of carbonyl (C=O) groups excluding carboxylic acids is 1. The molecule has 0 spiro atoms. The van der Waals surface area contributed by atoms with E-state index in [9.17, 15) is 9.18 Å². The largest absolute Gasteiger partial charge is 0.359 e. The number of H-pyrrole nitrogens is 1. The van der Waals surface area contributed by atoms with E-state index >= 15 is 0 Å². The Balaban J connectivity index is 1.91. The number of aromatic amines is 1. The Labute approximate surface area is 146 Å². The highest BCUT2D eigenvalue weighted by molar-refractivity contribution is 6.01. The molecule has 128 valence electrons. The van der Waals surface area contributed by atoms with E-state index < -0.39 is 0 Å². The van der Waals surface area contributed by atoms with E-state index in [2.05, 4.69) is 29.5 Å². The highest BCUT2D eigenvalue weighted by atomic mass is 19.1. The molecule has 1 amide bonds. The van der Waals surface area contributed by atoms with E-state index in [1.807, 2.05) is 18.2 Å². The molecule has 1 aliphatic carbocycles. The molecule has 1 aliphatic rings. The van der Waals surface area contributed by atoms with Crippen LogP contribution in [0.5, 0.6) is 0 Å². The molecule has 3 aromatic rings. The predicted molar refractivity (Wildman–Crippen MR) is 98.4 cm³/mol. The van der Waals surface area contributed by atoms with Gasteiger partial charge in [0.2, 0.25) is 5.91 Å². The predicted octanol–water partition coefficient (Wildman–Crippen LogP) is 4.91. The van der Waals surface area contributed by atoms with Crippen LogP contribution in [0.25, 0.3) is 10.9 Å². The first-order valence-corrected chi connectivity index (χ1v) is 8.72. The van der Waals surface area contributed by atoms with Gasteiger partial charge in [-0.2, -0.15) is 0 Å². The first kappa shape index (κ1) is 15.9. The minimum atomic E-state index is -0.169. The van der Waals surface area contributed by atoms with Crippen molar-refractivity contribution in [1.82, 2.24) is 4.98 Å². The average molecular weight is 336 g/mol. The number of aryl methyl sites for hydroxylation is 1. The monoisotopic (exact) mass is 336 g/mol. The number of hydrogen-bond acceptors (Lipinski definition) is 1. The molecule has 2 N–H and O–H groups in total. The summed E-state index contributed by atoms with van der Waals surface area (Å²) in [4.78, 5) is 14.8. The van der Waals surface area contributed by atoms with Crippen LogP contribution in [0.1, 0.15) is 43.4 Å². The molecule has 3 nitrogen and oxygen atoms in total. The molecule has 25 heavy (non-hydrogen) atoms. The van der Waals surface area contributed by atoms with Crippen molar-refractivity contribution in [2.24, 2.45) is 0 Å². The third-order valence-electron chi connectivity index (χ3n) is 5.55. The van der Waals surface area contributed by atoms with Gasteiger partial charge in [-0.05, 0) is 54.2 Å². The smallest absolute Gasteiger partial charge is 0.221 e. The third-order valence-corrected chi connectivity index (χ3v) is 5.55. The Morgan fingerprint density at radius 3 is 2.88 bits per heavy atom. The number of amides is 1. The summed E-state index contributed by atoms with van der Waals surface area (Å²) in [7, 11) is 0. The molecule has 0 radical (unpaired) electrons. The maximum atomic E-state index is 13.6. The molecule has 1 atom stereocenters. The number of hydrogen-bond donors (Lipinski definition) is 2. The van der Waals surface area contributed by atoms with Crippen molar-refractivity contribution in [2.75, 3.05) is 5.32 Å². The summed E-state index contributed by atoms with van der Waals surface area (Å²) in [5.74, 6) is -0.256. The van der Waals surface area contributed by atoms with Gasteiger partial charge in [-0.3, -0.25) is 4.79 Å². The first-order chi connectivity index (χ1) is 12.0. The number of halogens is 1. The second-order valence-corrected chi connectivity index (χ2v) is 6.85. The Morgan fingerprint density at radius 2 is 2.12 bits per heavy atom. The van der Waals surface area contributed by atoms with E-state index in [4.69, 9.17) is 0 Å². The SMILES string of the molecule is CCC1(c2c[nH]c3c(NC(C)=O)cccc23)CCc2cc(F)ccc21. The van der Waals surface area contributed by atoms with Crippen LogP contribution in [-0.2, 0) is 16.6 Å². The highest BCUT2D eigenvalue weighted by Crippen LogP contribution is 2.49. The minimum absolute atomic E-state index is 0.0875. The third kappa shape index (κ3) is 2.36. The zero-order chi connectivity index (χ0) is 17.6. The van der Waals surface area contributed by atoms with Crippen LogP contribution in [-0.4, -0.2) is 10.9 Å². The number of rotatable bonds is 3. The van der Waals surface area contributed by atoms with Gasteiger partial charge in [-0.25, -0.2) is 4.39 Å². The van der Waals surface area contributed by atoms with Gasteiger partial charge < -0.3 is 10.3 Å². The van der Waals surface area contributed by atoms with Gasteiger partial charge >= 0.3 is 0 Å². The summed E-state index contributed by atoms with van der Waals surface area (Å²) in [6.45, 7) is 3.70. The maximum Gasteiger partial charge on any atom is 0.221 e. The average Bonchev–Trinajstić information content (AvgIpc) is 3.16. The Hall–Kier alpha value is -2.62. The molecule has 2 aromatic carbocycles. The van der Waals surface area contributed by atoms with Crippen LogP contribution in [0.2, 0.25) is 0 Å². The summed E-state index contributed by atoms with van der Waals surface area (Å²) < 4.78 is 13.6. The lowest BCUT2D eigenvalue weighted by molar-refractivity contribution is -0.114. The van der Waals surface area contributed by atoms with Crippen LogP contribution in [0.15, 0.2) is 42.6 Å². The second-order valence-electron chi connectivity index (χ2n) is 6.85. The van der Waals surface area contributed by atoms with Crippen molar-refractivity contribution in [3.05, 3.63) is 65.1 Å². The molecule has 1 aromatic heterocycles. The van der Waals surface area contributed by atoms with Gasteiger partial charge in [0, 0.05) is 23.9 Å². The standard InChI is InChI=1S/C21H21FN2O/c1-3-21(10-9-14-11-15(22)7-8-17(14)21)18-12-23-20-16(18)5-4-6-19(20)24-13(2)25/h4-8,11-12,23H,3,9-10H2,1-2H3,(H,24,25). The fraction of sp³-hybridized carbons (Fsp3) is 0.286. The maximum absolute atomic E-state index is 13.6. The molecule has 0 fully saturated rings. The Morgan fingerprint density at radius 1 is 1.28 bits per heavy atom. The lowest BCUT2D eigenvalue weighted by Gasteiger charge is -2.29. The number of nitrogens with one attached hydrogen (secondary N) is 2. The molecule has 0 bridgehead atoms. The van der Waals surface area contributed by atoms with E-state index in [0.29, 0.717) is 0 Å². The number of aromatic nitrogens is 1. The van der Waals surface area contributed by atoms with Gasteiger partial charge in [0.05, 0.1) is 11.2 Å². The number of carbonyl (C=O) groups is 1. The molecular formula is C21H21FN2O. The van der Waals surface area contributed by atoms with Crippen molar-refractivity contribution in [1.29, 1.82) is 0 Å². The minimum Gasteiger partial charge on any atom is -0.359 e. The molecule has 0 saturated carbocycles.